The van der Waals surface area contributed by atoms with Gasteiger partial charge in [0, 0.05) is 29.4 Å². The molecule has 0 radical (unpaired) electrons. The first kappa shape index (κ1) is 16.9. The molecule has 0 saturated heterocycles. The van der Waals surface area contributed by atoms with Crippen molar-refractivity contribution in [2.24, 2.45) is 0 Å². The van der Waals surface area contributed by atoms with E-state index in [-0.39, 0.29) is 22.7 Å². The normalized spacial score (nSPS) is 10.1. The molecule has 0 bridgehead atoms. The van der Waals surface area contributed by atoms with Crippen molar-refractivity contribution in [3.63, 3.8) is 0 Å². The van der Waals surface area contributed by atoms with Crippen molar-refractivity contribution < 1.29 is 19.4 Å². The van der Waals surface area contributed by atoms with Crippen LogP contribution in [-0.4, -0.2) is 22.9 Å². The number of non-ortho nitro benzene ring substituents is 1. The summed E-state index contributed by atoms with van der Waals surface area (Å²) in [5.74, 6) is -0.527. The van der Waals surface area contributed by atoms with Gasteiger partial charge in [0.1, 0.15) is 0 Å². The van der Waals surface area contributed by atoms with Crippen LogP contribution in [0.2, 0.25) is 0 Å². The maximum atomic E-state index is 12.3. The van der Waals surface area contributed by atoms with Gasteiger partial charge >= 0.3 is 5.69 Å². The third kappa shape index (κ3) is 3.46. The average molecular weight is 331 g/mol. The van der Waals surface area contributed by atoms with Crippen LogP contribution in [0.1, 0.15) is 15.9 Å². The monoisotopic (exact) mass is 331 g/mol. The lowest BCUT2D eigenvalue weighted by molar-refractivity contribution is -0.385. The van der Waals surface area contributed by atoms with Gasteiger partial charge < -0.3 is 10.1 Å². The van der Waals surface area contributed by atoms with E-state index in [1.54, 1.807) is 6.92 Å². The van der Waals surface area contributed by atoms with E-state index in [4.69, 9.17) is 4.74 Å². The Balaban J connectivity index is 2.29. The lowest BCUT2D eigenvalue weighted by atomic mass is 10.1. The number of hydrogen-bond acceptors (Lipinski definition) is 6. The van der Waals surface area contributed by atoms with Gasteiger partial charge in [-0.1, -0.05) is 0 Å². The fourth-order valence-corrected chi connectivity index (χ4v) is 2.07. The summed E-state index contributed by atoms with van der Waals surface area (Å²) in [5, 5.41) is 24.3. The molecule has 0 heterocycles. The number of nitro groups is 2. The minimum absolute atomic E-state index is 0.0445. The van der Waals surface area contributed by atoms with E-state index in [9.17, 15) is 25.0 Å². The van der Waals surface area contributed by atoms with Gasteiger partial charge in [-0.3, -0.25) is 25.0 Å². The van der Waals surface area contributed by atoms with E-state index in [1.165, 1.54) is 37.4 Å². The molecule has 0 aliphatic carbocycles. The molecule has 0 saturated carbocycles. The van der Waals surface area contributed by atoms with Crippen LogP contribution >= 0.6 is 0 Å². The largest absolute Gasteiger partial charge is 0.490 e. The van der Waals surface area contributed by atoms with Crippen LogP contribution in [-0.2, 0) is 0 Å². The van der Waals surface area contributed by atoms with E-state index in [2.05, 4.69) is 5.32 Å². The predicted octanol–water partition coefficient (Wildman–Crippen LogP) is 3.07. The minimum Gasteiger partial charge on any atom is -0.490 e. The molecule has 9 heteroatoms. The highest BCUT2D eigenvalue weighted by Crippen LogP contribution is 2.28. The van der Waals surface area contributed by atoms with Gasteiger partial charge in [0.15, 0.2) is 5.75 Å². The third-order valence-electron chi connectivity index (χ3n) is 3.31. The molecule has 2 aromatic carbocycles. The number of nitro benzene ring substituents is 2. The molecule has 124 valence electrons. The summed E-state index contributed by atoms with van der Waals surface area (Å²) in [5.41, 5.74) is 0.529. The third-order valence-corrected chi connectivity index (χ3v) is 3.31. The van der Waals surface area contributed by atoms with E-state index < -0.39 is 15.8 Å². The Hall–Kier alpha value is -3.49. The van der Waals surface area contributed by atoms with E-state index in [0.717, 1.165) is 6.07 Å². The lowest BCUT2D eigenvalue weighted by Crippen LogP contribution is -2.13. The molecule has 2 rings (SSSR count). The molecule has 0 aromatic heterocycles. The highest BCUT2D eigenvalue weighted by atomic mass is 16.6. The molecule has 0 atom stereocenters. The molecule has 0 aliphatic heterocycles. The Morgan fingerprint density at radius 1 is 1.08 bits per heavy atom. The average Bonchev–Trinajstić information content (AvgIpc) is 2.55. The quantitative estimate of drug-likeness (QED) is 0.663. The smallest absolute Gasteiger partial charge is 0.311 e. The molecule has 0 spiro atoms. The van der Waals surface area contributed by atoms with Crippen LogP contribution in [0.3, 0.4) is 0 Å². The van der Waals surface area contributed by atoms with E-state index in [0.29, 0.717) is 11.3 Å². The first-order valence-corrected chi connectivity index (χ1v) is 6.72. The number of aryl methyl sites for hydroxylation is 1. The molecule has 1 N–H and O–H groups in total. The van der Waals surface area contributed by atoms with E-state index in [1.807, 2.05) is 0 Å². The SMILES string of the molecule is COc1ccc(C(=O)Nc2ccc([N+](=O)[O-])cc2C)cc1[N+](=O)[O-]. The van der Waals surface area contributed by atoms with Crippen molar-refractivity contribution in [3.8, 4) is 5.75 Å². The van der Waals surface area contributed by atoms with Crippen LogP contribution in [0.5, 0.6) is 5.75 Å². The number of benzene rings is 2. The van der Waals surface area contributed by atoms with Gasteiger partial charge in [0.05, 0.1) is 17.0 Å². The summed E-state index contributed by atoms with van der Waals surface area (Å²) in [4.78, 5) is 32.8. The highest BCUT2D eigenvalue weighted by molar-refractivity contribution is 6.05. The van der Waals surface area contributed by atoms with Crippen LogP contribution < -0.4 is 10.1 Å². The second kappa shape index (κ2) is 6.73. The summed E-state index contributed by atoms with van der Waals surface area (Å²) in [7, 11) is 1.29. The van der Waals surface area contributed by atoms with Crippen molar-refractivity contribution in [2.45, 2.75) is 6.92 Å². The number of methoxy groups -OCH3 is 1. The number of nitrogens with one attached hydrogen (secondary N) is 1. The standard InChI is InChI=1S/C15H13N3O6/c1-9-7-11(17(20)21)4-5-12(9)16-15(19)10-3-6-14(24-2)13(8-10)18(22)23/h3-8H,1-2H3,(H,16,19). The van der Waals surface area contributed by atoms with Crippen molar-refractivity contribution in [3.05, 3.63) is 67.8 Å². The lowest BCUT2D eigenvalue weighted by Gasteiger charge is -2.09. The van der Waals surface area contributed by atoms with Crippen LogP contribution in [0.15, 0.2) is 36.4 Å². The predicted molar refractivity (Wildman–Crippen MR) is 85.4 cm³/mol. The summed E-state index contributed by atoms with van der Waals surface area (Å²) >= 11 is 0. The Morgan fingerprint density at radius 3 is 2.33 bits per heavy atom. The highest BCUT2D eigenvalue weighted by Gasteiger charge is 2.19. The van der Waals surface area contributed by atoms with E-state index >= 15 is 0 Å². The zero-order valence-electron chi connectivity index (χ0n) is 12.8. The Bertz CT molecular complexity index is 834. The zero-order valence-corrected chi connectivity index (χ0v) is 12.8. The van der Waals surface area contributed by atoms with Crippen molar-refractivity contribution in [2.75, 3.05) is 12.4 Å². The molecule has 9 nitrogen and oxygen atoms in total. The number of rotatable bonds is 5. The van der Waals surface area contributed by atoms with Crippen LogP contribution in [0, 0.1) is 27.2 Å². The molecular formula is C15H13N3O6. The number of carbonyl (C=O) groups is 1. The Kier molecular flexibility index (Phi) is 4.73. The van der Waals surface area contributed by atoms with Gasteiger partial charge in [-0.05, 0) is 30.7 Å². The van der Waals surface area contributed by atoms with Crippen LogP contribution in [0.25, 0.3) is 0 Å². The molecule has 0 aliphatic rings. The minimum atomic E-state index is -0.646. The number of carbonyl (C=O) groups excluding carboxylic acids is 1. The van der Waals surface area contributed by atoms with Crippen molar-refractivity contribution in [1.82, 2.24) is 0 Å². The summed E-state index contributed by atoms with van der Waals surface area (Å²) in [6, 6.07) is 7.82. The van der Waals surface area contributed by atoms with Gasteiger partial charge in [-0.2, -0.15) is 0 Å². The first-order valence-electron chi connectivity index (χ1n) is 6.72. The fourth-order valence-electron chi connectivity index (χ4n) is 2.07. The molecule has 2 aromatic rings. The zero-order chi connectivity index (χ0) is 17.9. The number of amides is 1. The topological polar surface area (TPSA) is 125 Å². The van der Waals surface area contributed by atoms with Crippen molar-refractivity contribution >= 4 is 23.0 Å². The number of ether oxygens (including phenoxy) is 1. The summed E-state index contributed by atoms with van der Waals surface area (Å²) < 4.78 is 4.88. The van der Waals surface area contributed by atoms with Gasteiger partial charge in [-0.15, -0.1) is 0 Å². The van der Waals surface area contributed by atoms with Crippen molar-refractivity contribution in [1.29, 1.82) is 0 Å². The molecular weight excluding hydrogens is 318 g/mol. The number of hydrogen-bond donors (Lipinski definition) is 1. The van der Waals surface area contributed by atoms with Gasteiger partial charge in [-0.25, -0.2) is 0 Å². The second-order valence-electron chi connectivity index (χ2n) is 4.85. The first-order chi connectivity index (χ1) is 11.3. The maximum Gasteiger partial charge on any atom is 0.311 e. The molecule has 0 fully saturated rings. The molecule has 24 heavy (non-hydrogen) atoms. The van der Waals surface area contributed by atoms with Gasteiger partial charge in [0.25, 0.3) is 11.6 Å². The fraction of sp³-hybridized carbons (Fsp3) is 0.133. The number of anilines is 1. The van der Waals surface area contributed by atoms with Crippen LogP contribution in [0.4, 0.5) is 17.1 Å². The summed E-state index contributed by atoms with van der Waals surface area (Å²) in [6.07, 6.45) is 0. The van der Waals surface area contributed by atoms with Gasteiger partial charge in [0.2, 0.25) is 0 Å². The molecule has 0 unspecified atom stereocenters. The Morgan fingerprint density at radius 2 is 1.79 bits per heavy atom. The Labute approximate surface area is 136 Å². The number of nitrogens with zero attached hydrogens (tertiary/aromatic N) is 2. The molecule has 1 amide bonds. The maximum absolute atomic E-state index is 12.3. The second-order valence-corrected chi connectivity index (χ2v) is 4.85. The summed E-state index contributed by atoms with van der Waals surface area (Å²) in [6.45, 7) is 1.61.